The lowest BCUT2D eigenvalue weighted by Crippen LogP contribution is -2.49. The molecule has 2 aromatic rings. The minimum Gasteiger partial charge on any atom is -0.354 e. The van der Waals surface area contributed by atoms with Crippen LogP contribution in [0.5, 0.6) is 0 Å². The number of piperazine rings is 1. The predicted molar refractivity (Wildman–Crippen MR) is 131 cm³/mol. The van der Waals surface area contributed by atoms with E-state index in [4.69, 9.17) is 4.98 Å². The van der Waals surface area contributed by atoms with Gasteiger partial charge in [0.1, 0.15) is 5.82 Å². The monoisotopic (exact) mass is 469 g/mol. The number of sulfonamides is 1. The van der Waals surface area contributed by atoms with Crippen molar-refractivity contribution >= 4 is 21.8 Å². The Morgan fingerprint density at radius 2 is 1.61 bits per heavy atom. The Morgan fingerprint density at radius 3 is 2.36 bits per heavy atom. The van der Waals surface area contributed by atoms with Crippen LogP contribution in [0.15, 0.2) is 29.2 Å². The van der Waals surface area contributed by atoms with E-state index in [0.717, 1.165) is 30.8 Å². The number of nitrogens with one attached hydrogen (secondary N) is 1. The van der Waals surface area contributed by atoms with E-state index in [1.165, 1.54) is 49.7 Å². The number of nitrogens with zero attached hydrogens (tertiary/aromatic N) is 4. The maximum Gasteiger partial charge on any atom is 0.243 e. The Balaban J connectivity index is 1.26. The number of aryl methyl sites for hydroxylation is 3. The first-order valence-electron chi connectivity index (χ1n) is 12.5. The van der Waals surface area contributed by atoms with Crippen molar-refractivity contribution in [3.8, 4) is 0 Å². The number of benzene rings is 1. The van der Waals surface area contributed by atoms with Crippen LogP contribution in [-0.4, -0.2) is 54.9 Å². The number of aromatic nitrogens is 2. The van der Waals surface area contributed by atoms with Crippen molar-refractivity contribution in [2.45, 2.75) is 75.6 Å². The molecule has 3 aliphatic rings. The van der Waals surface area contributed by atoms with Crippen molar-refractivity contribution in [3.63, 3.8) is 0 Å². The van der Waals surface area contributed by atoms with Gasteiger partial charge < -0.3 is 10.2 Å². The molecular formula is C25H35N5O2S. The molecule has 1 saturated heterocycles. The molecule has 0 amide bonds. The molecule has 7 nitrogen and oxygen atoms in total. The highest BCUT2D eigenvalue weighted by atomic mass is 32.2. The number of fused-ring (bicyclic) bond motifs is 1. The average Bonchev–Trinajstić information content (AvgIpc) is 2.84. The molecule has 5 rings (SSSR count). The lowest BCUT2D eigenvalue weighted by molar-refractivity contribution is 0.383. The van der Waals surface area contributed by atoms with Crippen molar-refractivity contribution in [3.05, 3.63) is 41.1 Å². The Hall–Kier alpha value is -2.19. The molecule has 0 radical (unpaired) electrons. The SMILES string of the molecule is Cc1cc(N2CCN(S(=O)(=O)c3ccc4c(c3)CCCC4)CC2)nc(NC2CCCCC2)n1. The van der Waals surface area contributed by atoms with Crippen LogP contribution in [-0.2, 0) is 22.9 Å². The van der Waals surface area contributed by atoms with Crippen LogP contribution < -0.4 is 10.2 Å². The van der Waals surface area contributed by atoms with Crippen molar-refractivity contribution in [2.75, 3.05) is 36.4 Å². The molecule has 0 bridgehead atoms. The maximum atomic E-state index is 13.3. The molecule has 178 valence electrons. The molecule has 0 spiro atoms. The highest BCUT2D eigenvalue weighted by molar-refractivity contribution is 7.89. The molecule has 2 fully saturated rings. The molecule has 2 heterocycles. The predicted octanol–water partition coefficient (Wildman–Crippen LogP) is 3.92. The minimum atomic E-state index is -3.48. The molecule has 1 saturated carbocycles. The fraction of sp³-hybridized carbons (Fsp3) is 0.600. The van der Waals surface area contributed by atoms with Crippen molar-refractivity contribution < 1.29 is 8.42 Å². The molecule has 1 aromatic heterocycles. The van der Waals surface area contributed by atoms with E-state index >= 15 is 0 Å². The van der Waals surface area contributed by atoms with Crippen molar-refractivity contribution in [1.29, 1.82) is 0 Å². The second-order valence-electron chi connectivity index (χ2n) is 9.70. The molecule has 0 atom stereocenters. The van der Waals surface area contributed by atoms with Gasteiger partial charge in [0.15, 0.2) is 0 Å². The standard InChI is InChI=1S/C25H35N5O2S/c1-19-17-24(28-25(26-19)27-22-9-3-2-4-10-22)29-13-15-30(16-14-29)33(31,32)23-12-11-20-7-5-6-8-21(20)18-23/h11-12,17-18,22H,2-10,13-16H2,1H3,(H,26,27,28). The summed E-state index contributed by atoms with van der Waals surface area (Å²) in [6.07, 6.45) is 10.6. The van der Waals surface area contributed by atoms with Gasteiger partial charge in [-0.3, -0.25) is 0 Å². The van der Waals surface area contributed by atoms with E-state index < -0.39 is 10.0 Å². The Morgan fingerprint density at radius 1 is 0.879 bits per heavy atom. The Bertz CT molecular complexity index is 1090. The van der Waals surface area contributed by atoms with Gasteiger partial charge in [-0.15, -0.1) is 0 Å². The zero-order valence-electron chi connectivity index (χ0n) is 19.6. The second kappa shape index (κ2) is 9.58. The van der Waals surface area contributed by atoms with E-state index in [2.05, 4.69) is 15.2 Å². The summed E-state index contributed by atoms with van der Waals surface area (Å²) in [6, 6.07) is 8.17. The van der Waals surface area contributed by atoms with Crippen molar-refractivity contribution in [2.24, 2.45) is 0 Å². The fourth-order valence-electron chi connectivity index (χ4n) is 5.38. The molecule has 33 heavy (non-hydrogen) atoms. The first-order valence-corrected chi connectivity index (χ1v) is 13.9. The smallest absolute Gasteiger partial charge is 0.243 e. The van der Waals surface area contributed by atoms with Crippen LogP contribution in [0.25, 0.3) is 0 Å². The lowest BCUT2D eigenvalue weighted by atomic mass is 9.92. The number of hydrogen-bond acceptors (Lipinski definition) is 6. The van der Waals surface area contributed by atoms with Crippen LogP contribution in [0.3, 0.4) is 0 Å². The van der Waals surface area contributed by atoms with E-state index in [0.29, 0.717) is 43.1 Å². The highest BCUT2D eigenvalue weighted by Crippen LogP contribution is 2.27. The summed E-state index contributed by atoms with van der Waals surface area (Å²) in [7, 11) is -3.48. The van der Waals surface area contributed by atoms with Gasteiger partial charge in [0.25, 0.3) is 0 Å². The summed E-state index contributed by atoms with van der Waals surface area (Å²) in [4.78, 5) is 12.0. The number of hydrogen-bond donors (Lipinski definition) is 1. The molecular weight excluding hydrogens is 434 g/mol. The van der Waals surface area contributed by atoms with Gasteiger partial charge >= 0.3 is 0 Å². The maximum absolute atomic E-state index is 13.3. The van der Waals surface area contributed by atoms with Crippen LogP contribution in [0.4, 0.5) is 11.8 Å². The van der Waals surface area contributed by atoms with E-state index in [-0.39, 0.29) is 0 Å². The first-order chi connectivity index (χ1) is 16.0. The number of rotatable bonds is 5. The summed E-state index contributed by atoms with van der Waals surface area (Å²) in [5.41, 5.74) is 3.44. The van der Waals surface area contributed by atoms with E-state index in [1.54, 1.807) is 10.4 Å². The molecule has 1 aliphatic heterocycles. The Labute approximate surface area is 197 Å². The molecule has 2 aliphatic carbocycles. The van der Waals surface area contributed by atoms with Crippen LogP contribution in [0, 0.1) is 6.92 Å². The number of anilines is 2. The highest BCUT2D eigenvalue weighted by Gasteiger charge is 2.30. The van der Waals surface area contributed by atoms with Gasteiger partial charge in [-0.2, -0.15) is 9.29 Å². The topological polar surface area (TPSA) is 78.4 Å². The minimum absolute atomic E-state index is 0.438. The van der Waals surface area contributed by atoms with Crippen LogP contribution in [0.2, 0.25) is 0 Å². The second-order valence-corrected chi connectivity index (χ2v) is 11.6. The van der Waals surface area contributed by atoms with E-state index in [9.17, 15) is 8.42 Å². The molecule has 1 N–H and O–H groups in total. The Kier molecular flexibility index (Phi) is 6.56. The first kappa shape index (κ1) is 22.6. The fourth-order valence-corrected chi connectivity index (χ4v) is 6.86. The zero-order valence-corrected chi connectivity index (χ0v) is 20.4. The normalized spacial score (nSPS) is 20.5. The summed E-state index contributed by atoms with van der Waals surface area (Å²) in [5, 5.41) is 3.53. The van der Waals surface area contributed by atoms with Crippen LogP contribution in [0.1, 0.15) is 61.8 Å². The van der Waals surface area contributed by atoms with Gasteiger partial charge in [0.2, 0.25) is 16.0 Å². The van der Waals surface area contributed by atoms with Crippen LogP contribution >= 0.6 is 0 Å². The summed E-state index contributed by atoms with van der Waals surface area (Å²) in [5.74, 6) is 1.58. The van der Waals surface area contributed by atoms with E-state index in [1.807, 2.05) is 25.1 Å². The third-order valence-electron chi connectivity index (χ3n) is 7.30. The summed E-state index contributed by atoms with van der Waals surface area (Å²) in [6.45, 7) is 4.18. The quantitative estimate of drug-likeness (QED) is 0.715. The third-order valence-corrected chi connectivity index (χ3v) is 9.19. The molecule has 8 heteroatoms. The summed E-state index contributed by atoms with van der Waals surface area (Å²) < 4.78 is 28.3. The zero-order chi connectivity index (χ0) is 22.8. The third kappa shape index (κ3) is 5.01. The van der Waals surface area contributed by atoms with Gasteiger partial charge in [-0.25, -0.2) is 13.4 Å². The average molecular weight is 470 g/mol. The van der Waals surface area contributed by atoms with Gasteiger partial charge in [-0.05, 0) is 68.7 Å². The molecule has 1 aromatic carbocycles. The van der Waals surface area contributed by atoms with Crippen molar-refractivity contribution in [1.82, 2.24) is 14.3 Å². The van der Waals surface area contributed by atoms with Gasteiger partial charge in [0.05, 0.1) is 4.90 Å². The van der Waals surface area contributed by atoms with Gasteiger partial charge in [0, 0.05) is 44.0 Å². The summed E-state index contributed by atoms with van der Waals surface area (Å²) >= 11 is 0. The molecule has 0 unspecified atom stereocenters. The lowest BCUT2D eigenvalue weighted by Gasteiger charge is -2.35. The largest absolute Gasteiger partial charge is 0.354 e. The van der Waals surface area contributed by atoms with Gasteiger partial charge in [-0.1, -0.05) is 25.3 Å².